The van der Waals surface area contributed by atoms with Gasteiger partial charge in [-0.3, -0.25) is 25.0 Å². The second kappa shape index (κ2) is 8.06. The van der Waals surface area contributed by atoms with E-state index in [4.69, 9.17) is 12.2 Å². The fourth-order valence-corrected chi connectivity index (χ4v) is 3.45. The molecule has 9 nitrogen and oxygen atoms in total. The number of rotatable bonds is 5. The number of nitro groups is 2. The van der Waals surface area contributed by atoms with Crippen LogP contribution in [0.25, 0.3) is 6.08 Å². The van der Waals surface area contributed by atoms with Crippen molar-refractivity contribution < 1.29 is 14.6 Å². The predicted octanol–water partition coefficient (Wildman–Crippen LogP) is 3.74. The highest BCUT2D eigenvalue weighted by molar-refractivity contribution is 8.26. The van der Waals surface area contributed by atoms with Crippen LogP contribution in [0.2, 0.25) is 0 Å². The molecule has 140 valence electrons. The average molecular weight is 414 g/mol. The summed E-state index contributed by atoms with van der Waals surface area (Å²) in [6, 6.07) is 11.6. The van der Waals surface area contributed by atoms with Gasteiger partial charge >= 0.3 is 0 Å². The minimum absolute atomic E-state index is 0.0899. The molecule has 2 aromatic carbocycles. The number of nitrogens with zero attached hydrogens (tertiary/aromatic N) is 4. The van der Waals surface area contributed by atoms with E-state index >= 15 is 0 Å². The Balaban J connectivity index is 1.82. The molecule has 0 radical (unpaired) electrons. The van der Waals surface area contributed by atoms with Gasteiger partial charge in [-0.2, -0.15) is 10.1 Å². The minimum atomic E-state index is -0.529. The zero-order chi connectivity index (χ0) is 20.3. The molecule has 0 saturated carbocycles. The standard InChI is InChI=1S/C17H10N4O5S2/c22-16-15(9-11-3-1-5-13(7-11)20(23)24)28-17(27)19(16)18-10-12-4-2-6-14(8-12)21(25)26/h1-10H/b15-9-,18-10+. The third kappa shape index (κ3) is 4.27. The highest BCUT2D eigenvalue weighted by Gasteiger charge is 2.32. The number of hydrazone groups is 1. The van der Waals surface area contributed by atoms with Gasteiger partial charge in [-0.1, -0.05) is 36.0 Å². The molecule has 0 aromatic heterocycles. The van der Waals surface area contributed by atoms with E-state index in [0.29, 0.717) is 11.1 Å². The van der Waals surface area contributed by atoms with E-state index in [0.717, 1.165) is 16.8 Å². The van der Waals surface area contributed by atoms with E-state index in [2.05, 4.69) is 5.10 Å². The van der Waals surface area contributed by atoms with Crippen LogP contribution in [0.15, 0.2) is 58.5 Å². The zero-order valence-corrected chi connectivity index (χ0v) is 15.6. The molecule has 0 N–H and O–H groups in total. The second-order valence-corrected chi connectivity index (χ2v) is 7.12. The Bertz CT molecular complexity index is 1070. The average Bonchev–Trinajstić information content (AvgIpc) is 2.93. The first kappa shape index (κ1) is 19.3. The number of carbonyl (C=O) groups excluding carboxylic acids is 1. The number of thiocarbonyl (C=S) groups is 1. The van der Waals surface area contributed by atoms with Crippen LogP contribution in [0.4, 0.5) is 11.4 Å². The number of carbonyl (C=O) groups is 1. The number of hydrogen-bond acceptors (Lipinski definition) is 8. The Labute approximate surface area is 167 Å². The van der Waals surface area contributed by atoms with Crippen LogP contribution >= 0.6 is 24.0 Å². The summed E-state index contributed by atoms with van der Waals surface area (Å²) in [5.74, 6) is -0.483. The van der Waals surface area contributed by atoms with Gasteiger partial charge in [-0.25, -0.2) is 0 Å². The maximum Gasteiger partial charge on any atom is 0.286 e. The van der Waals surface area contributed by atoms with Crippen LogP contribution < -0.4 is 0 Å². The first-order chi connectivity index (χ1) is 13.3. The highest BCUT2D eigenvalue weighted by atomic mass is 32.2. The lowest BCUT2D eigenvalue weighted by atomic mass is 10.2. The molecule has 28 heavy (non-hydrogen) atoms. The van der Waals surface area contributed by atoms with Crippen molar-refractivity contribution in [3.05, 3.63) is 84.8 Å². The van der Waals surface area contributed by atoms with Crippen molar-refractivity contribution in [2.45, 2.75) is 0 Å². The lowest BCUT2D eigenvalue weighted by molar-refractivity contribution is -0.385. The van der Waals surface area contributed by atoms with Gasteiger partial charge in [-0.15, -0.1) is 0 Å². The smallest absolute Gasteiger partial charge is 0.266 e. The monoisotopic (exact) mass is 414 g/mol. The Morgan fingerprint density at radius 2 is 1.57 bits per heavy atom. The van der Waals surface area contributed by atoms with E-state index in [1.807, 2.05) is 0 Å². The fourth-order valence-electron chi connectivity index (χ4n) is 2.28. The molecule has 11 heteroatoms. The summed E-state index contributed by atoms with van der Waals surface area (Å²) >= 11 is 6.17. The van der Waals surface area contributed by atoms with E-state index in [-0.39, 0.29) is 20.6 Å². The molecule has 2 aromatic rings. The lowest BCUT2D eigenvalue weighted by Gasteiger charge is -2.06. The number of nitro benzene ring substituents is 2. The molecule has 0 unspecified atom stereocenters. The SMILES string of the molecule is O=C1/C(=C/c2cccc([N+](=O)[O-])c2)SC(=S)N1/N=C/c1cccc([N+](=O)[O-])c1. The normalized spacial score (nSPS) is 15.6. The molecule has 3 rings (SSSR count). The summed E-state index contributed by atoms with van der Waals surface area (Å²) in [6.07, 6.45) is 2.79. The second-order valence-electron chi connectivity index (χ2n) is 5.44. The summed E-state index contributed by atoms with van der Waals surface area (Å²) in [7, 11) is 0. The molecule has 1 aliphatic rings. The van der Waals surface area contributed by atoms with Gasteiger partial charge in [0.15, 0.2) is 4.32 Å². The largest absolute Gasteiger partial charge is 0.286 e. The van der Waals surface area contributed by atoms with E-state index in [9.17, 15) is 25.0 Å². The van der Waals surface area contributed by atoms with Crippen molar-refractivity contribution in [2.24, 2.45) is 5.10 Å². The first-order valence-corrected chi connectivity index (χ1v) is 8.88. The van der Waals surface area contributed by atoms with Crippen LogP contribution in [0.1, 0.15) is 11.1 Å². The van der Waals surface area contributed by atoms with Crippen molar-refractivity contribution in [2.75, 3.05) is 0 Å². The Morgan fingerprint density at radius 3 is 2.18 bits per heavy atom. The molecular weight excluding hydrogens is 404 g/mol. The van der Waals surface area contributed by atoms with Gasteiger partial charge < -0.3 is 0 Å². The number of amides is 1. The van der Waals surface area contributed by atoms with E-state index < -0.39 is 15.8 Å². The van der Waals surface area contributed by atoms with E-state index in [1.54, 1.807) is 12.1 Å². The summed E-state index contributed by atoms with van der Waals surface area (Å²) in [4.78, 5) is 33.4. The van der Waals surface area contributed by atoms with Crippen molar-refractivity contribution in [3.8, 4) is 0 Å². The molecule has 0 spiro atoms. The first-order valence-electron chi connectivity index (χ1n) is 7.66. The third-order valence-corrected chi connectivity index (χ3v) is 4.84. The van der Waals surface area contributed by atoms with Gasteiger partial charge in [0.1, 0.15) is 0 Å². The van der Waals surface area contributed by atoms with Crippen molar-refractivity contribution >= 4 is 57.9 Å². The topological polar surface area (TPSA) is 119 Å². The van der Waals surface area contributed by atoms with Crippen LogP contribution in [-0.2, 0) is 4.79 Å². The van der Waals surface area contributed by atoms with Crippen LogP contribution in [-0.4, -0.2) is 31.3 Å². The minimum Gasteiger partial charge on any atom is -0.266 e. The van der Waals surface area contributed by atoms with Crippen molar-refractivity contribution in [1.82, 2.24) is 5.01 Å². The molecule has 1 saturated heterocycles. The Morgan fingerprint density at radius 1 is 1.00 bits per heavy atom. The molecule has 1 heterocycles. The molecule has 0 aliphatic carbocycles. The van der Waals surface area contributed by atoms with Gasteiger partial charge in [0, 0.05) is 29.8 Å². The molecular formula is C17H10N4O5S2. The van der Waals surface area contributed by atoms with Gasteiger partial charge in [0.25, 0.3) is 17.3 Å². The number of benzene rings is 2. The summed E-state index contributed by atoms with van der Waals surface area (Å²) in [5, 5.41) is 26.7. The zero-order valence-electron chi connectivity index (χ0n) is 13.9. The molecule has 1 fully saturated rings. The van der Waals surface area contributed by atoms with Gasteiger partial charge in [-0.05, 0) is 23.9 Å². The van der Waals surface area contributed by atoms with Crippen LogP contribution in [0.3, 0.4) is 0 Å². The quantitative estimate of drug-likeness (QED) is 0.240. The van der Waals surface area contributed by atoms with Crippen molar-refractivity contribution in [3.63, 3.8) is 0 Å². The lowest BCUT2D eigenvalue weighted by Crippen LogP contribution is -2.22. The summed E-state index contributed by atoms with van der Waals surface area (Å²) in [5.41, 5.74) is 0.733. The predicted molar refractivity (Wildman–Crippen MR) is 109 cm³/mol. The Hall–Kier alpha value is -3.44. The van der Waals surface area contributed by atoms with Gasteiger partial charge in [0.05, 0.1) is 21.0 Å². The molecule has 0 bridgehead atoms. The van der Waals surface area contributed by atoms with Crippen molar-refractivity contribution in [1.29, 1.82) is 0 Å². The van der Waals surface area contributed by atoms with Gasteiger partial charge in [0.2, 0.25) is 0 Å². The highest BCUT2D eigenvalue weighted by Crippen LogP contribution is 2.33. The fraction of sp³-hybridized carbons (Fsp3) is 0. The van der Waals surface area contributed by atoms with Crippen LogP contribution in [0, 0.1) is 20.2 Å². The maximum absolute atomic E-state index is 12.5. The van der Waals surface area contributed by atoms with E-state index in [1.165, 1.54) is 48.7 Å². The summed E-state index contributed by atoms with van der Waals surface area (Å²) < 4.78 is 0.184. The number of hydrogen-bond donors (Lipinski definition) is 0. The molecule has 1 aliphatic heterocycles. The third-order valence-electron chi connectivity index (χ3n) is 3.56. The summed E-state index contributed by atoms with van der Waals surface area (Å²) in [6.45, 7) is 0. The maximum atomic E-state index is 12.5. The molecule has 1 amide bonds. The molecule has 0 atom stereocenters. The van der Waals surface area contributed by atoms with Crippen LogP contribution in [0.5, 0.6) is 0 Å². The number of non-ortho nitro benzene ring substituents is 2. The Kier molecular flexibility index (Phi) is 5.57. The number of thioether (sulfide) groups is 1.